The average molecular weight is 310 g/mol. The molecular formula is C16H20ClNO3. The summed E-state index contributed by atoms with van der Waals surface area (Å²) in [7, 11) is 0. The van der Waals surface area contributed by atoms with Crippen LogP contribution in [0.15, 0.2) is 47.1 Å². The molecule has 2 atom stereocenters. The van der Waals surface area contributed by atoms with Gasteiger partial charge >= 0.3 is 0 Å². The summed E-state index contributed by atoms with van der Waals surface area (Å²) in [5.74, 6) is 0.750. The number of nitrogens with one attached hydrogen (secondary N) is 1. The van der Waals surface area contributed by atoms with Gasteiger partial charge in [-0.2, -0.15) is 0 Å². The second kappa shape index (κ2) is 8.20. The van der Waals surface area contributed by atoms with Gasteiger partial charge in [-0.3, -0.25) is 0 Å². The highest BCUT2D eigenvalue weighted by Gasteiger charge is 2.11. The van der Waals surface area contributed by atoms with Crippen molar-refractivity contribution < 1.29 is 14.3 Å². The molecule has 0 aliphatic rings. The van der Waals surface area contributed by atoms with Crippen LogP contribution < -0.4 is 5.32 Å². The number of halogens is 1. The topological polar surface area (TPSA) is 54.6 Å². The lowest BCUT2D eigenvalue weighted by Crippen LogP contribution is -2.32. The van der Waals surface area contributed by atoms with Crippen LogP contribution in [0.4, 0.5) is 0 Å². The largest absolute Gasteiger partial charge is 0.467 e. The fourth-order valence-corrected chi connectivity index (χ4v) is 2.30. The molecule has 1 aromatic heterocycles. The first-order valence-electron chi connectivity index (χ1n) is 6.93. The Bertz CT molecular complexity index is 530. The number of furan rings is 1. The number of aliphatic hydroxyl groups excluding tert-OH is 1. The molecule has 0 bridgehead atoms. The van der Waals surface area contributed by atoms with Gasteiger partial charge in [0.2, 0.25) is 0 Å². The molecule has 2 N–H and O–H groups in total. The minimum atomic E-state index is -0.579. The summed E-state index contributed by atoms with van der Waals surface area (Å²) < 4.78 is 10.5. The van der Waals surface area contributed by atoms with E-state index in [1.807, 2.05) is 43.3 Å². The van der Waals surface area contributed by atoms with Crippen molar-refractivity contribution in [3.8, 4) is 0 Å². The van der Waals surface area contributed by atoms with Crippen LogP contribution in [0.25, 0.3) is 0 Å². The molecule has 114 valence electrons. The first-order chi connectivity index (χ1) is 10.2. The van der Waals surface area contributed by atoms with Gasteiger partial charge in [0.05, 0.1) is 19.0 Å². The molecule has 2 rings (SSSR count). The molecule has 1 aromatic carbocycles. The fraction of sp³-hybridized carbons (Fsp3) is 0.375. The Morgan fingerprint density at radius 2 is 2.10 bits per heavy atom. The van der Waals surface area contributed by atoms with E-state index >= 15 is 0 Å². The van der Waals surface area contributed by atoms with Crippen LogP contribution in [-0.4, -0.2) is 24.4 Å². The average Bonchev–Trinajstić information content (AvgIpc) is 2.98. The second-order valence-corrected chi connectivity index (χ2v) is 5.31. The SMILES string of the molecule is C[C@H](NCC(O)COCc1ccco1)c1ccccc1Cl. The molecule has 0 spiro atoms. The van der Waals surface area contributed by atoms with Crippen LogP contribution in [0.3, 0.4) is 0 Å². The summed E-state index contributed by atoms with van der Waals surface area (Å²) in [6, 6.07) is 11.4. The lowest BCUT2D eigenvalue weighted by Gasteiger charge is -2.18. The molecule has 0 aliphatic carbocycles. The summed E-state index contributed by atoms with van der Waals surface area (Å²) in [6.07, 6.45) is 1.02. The number of rotatable bonds is 8. The Morgan fingerprint density at radius 3 is 2.81 bits per heavy atom. The number of hydrogen-bond donors (Lipinski definition) is 2. The van der Waals surface area contributed by atoms with Crippen molar-refractivity contribution in [1.29, 1.82) is 0 Å². The number of benzene rings is 1. The maximum Gasteiger partial charge on any atom is 0.129 e. The van der Waals surface area contributed by atoms with Gasteiger partial charge in [0.15, 0.2) is 0 Å². The van der Waals surface area contributed by atoms with Crippen molar-refractivity contribution in [3.05, 3.63) is 59.0 Å². The highest BCUT2D eigenvalue weighted by Crippen LogP contribution is 2.21. The normalized spacial score (nSPS) is 14.0. The molecule has 2 aromatic rings. The predicted octanol–water partition coefficient (Wildman–Crippen LogP) is 3.16. The molecule has 0 radical (unpaired) electrons. The molecule has 1 heterocycles. The van der Waals surface area contributed by atoms with Gasteiger partial charge in [-0.05, 0) is 30.7 Å². The Balaban J connectivity index is 1.68. The Morgan fingerprint density at radius 1 is 1.29 bits per heavy atom. The van der Waals surface area contributed by atoms with Gasteiger partial charge in [-0.25, -0.2) is 0 Å². The van der Waals surface area contributed by atoms with Gasteiger partial charge in [-0.15, -0.1) is 0 Å². The quantitative estimate of drug-likeness (QED) is 0.786. The molecule has 0 amide bonds. The number of aliphatic hydroxyl groups is 1. The summed E-state index contributed by atoms with van der Waals surface area (Å²) >= 11 is 6.14. The molecule has 0 saturated carbocycles. The van der Waals surface area contributed by atoms with Crippen LogP contribution in [0, 0.1) is 0 Å². The van der Waals surface area contributed by atoms with Crippen molar-refractivity contribution in [2.45, 2.75) is 25.7 Å². The van der Waals surface area contributed by atoms with Crippen LogP contribution in [0.1, 0.15) is 24.3 Å². The van der Waals surface area contributed by atoms with Crippen molar-refractivity contribution >= 4 is 11.6 Å². The van der Waals surface area contributed by atoms with E-state index in [-0.39, 0.29) is 12.6 Å². The van der Waals surface area contributed by atoms with E-state index in [0.29, 0.717) is 13.2 Å². The van der Waals surface area contributed by atoms with Crippen molar-refractivity contribution in [2.75, 3.05) is 13.2 Å². The van der Waals surface area contributed by atoms with Gasteiger partial charge in [0, 0.05) is 17.6 Å². The van der Waals surface area contributed by atoms with Crippen LogP contribution in [-0.2, 0) is 11.3 Å². The number of ether oxygens (including phenoxy) is 1. The summed E-state index contributed by atoms with van der Waals surface area (Å²) in [5.41, 5.74) is 1.02. The Hall–Kier alpha value is -1.33. The second-order valence-electron chi connectivity index (χ2n) is 4.90. The van der Waals surface area contributed by atoms with E-state index in [0.717, 1.165) is 16.3 Å². The smallest absolute Gasteiger partial charge is 0.129 e. The predicted molar refractivity (Wildman–Crippen MR) is 82.2 cm³/mol. The third-order valence-corrected chi connectivity index (χ3v) is 3.51. The van der Waals surface area contributed by atoms with Crippen molar-refractivity contribution in [1.82, 2.24) is 5.32 Å². The molecule has 0 aliphatic heterocycles. The minimum absolute atomic E-state index is 0.0680. The third-order valence-electron chi connectivity index (χ3n) is 3.17. The van der Waals surface area contributed by atoms with E-state index in [9.17, 15) is 5.11 Å². The summed E-state index contributed by atoms with van der Waals surface area (Å²) in [5, 5.41) is 13.9. The number of hydrogen-bond acceptors (Lipinski definition) is 4. The fourth-order valence-electron chi connectivity index (χ4n) is 2.00. The zero-order valence-electron chi connectivity index (χ0n) is 12.0. The maximum atomic E-state index is 9.89. The van der Waals surface area contributed by atoms with Crippen molar-refractivity contribution in [3.63, 3.8) is 0 Å². The first kappa shape index (κ1) is 16.0. The van der Waals surface area contributed by atoms with E-state index in [4.69, 9.17) is 20.8 Å². The zero-order valence-corrected chi connectivity index (χ0v) is 12.7. The van der Waals surface area contributed by atoms with E-state index in [1.165, 1.54) is 0 Å². The lowest BCUT2D eigenvalue weighted by molar-refractivity contribution is 0.0217. The summed E-state index contributed by atoms with van der Waals surface area (Å²) in [4.78, 5) is 0. The Labute approximate surface area is 129 Å². The Kier molecular flexibility index (Phi) is 6.26. The van der Waals surface area contributed by atoms with Crippen LogP contribution in [0.5, 0.6) is 0 Å². The van der Waals surface area contributed by atoms with Crippen LogP contribution in [0.2, 0.25) is 5.02 Å². The molecule has 0 fully saturated rings. The molecule has 1 unspecified atom stereocenters. The van der Waals surface area contributed by atoms with Gasteiger partial charge < -0.3 is 19.6 Å². The third kappa shape index (κ3) is 5.17. The minimum Gasteiger partial charge on any atom is -0.467 e. The standard InChI is InChI=1S/C16H20ClNO3/c1-12(15-6-2-3-7-16(15)17)18-9-13(19)10-20-11-14-5-4-8-21-14/h2-8,12-13,18-19H,9-11H2,1H3/t12-,13?/m0/s1. The molecule has 4 nitrogen and oxygen atoms in total. The molecular weight excluding hydrogens is 290 g/mol. The molecule has 0 saturated heterocycles. The lowest BCUT2D eigenvalue weighted by atomic mass is 10.1. The van der Waals surface area contributed by atoms with Gasteiger partial charge in [-0.1, -0.05) is 29.8 Å². The maximum absolute atomic E-state index is 9.89. The molecule has 5 heteroatoms. The highest BCUT2D eigenvalue weighted by atomic mass is 35.5. The van der Waals surface area contributed by atoms with Gasteiger partial charge in [0.25, 0.3) is 0 Å². The summed E-state index contributed by atoms with van der Waals surface area (Å²) in [6.45, 7) is 3.06. The first-order valence-corrected chi connectivity index (χ1v) is 7.30. The van der Waals surface area contributed by atoms with E-state index in [2.05, 4.69) is 5.32 Å². The van der Waals surface area contributed by atoms with E-state index in [1.54, 1.807) is 6.26 Å². The van der Waals surface area contributed by atoms with Crippen molar-refractivity contribution in [2.24, 2.45) is 0 Å². The van der Waals surface area contributed by atoms with Gasteiger partial charge in [0.1, 0.15) is 12.4 Å². The van der Waals surface area contributed by atoms with Crippen LogP contribution >= 0.6 is 11.6 Å². The molecule has 21 heavy (non-hydrogen) atoms. The van der Waals surface area contributed by atoms with E-state index < -0.39 is 6.10 Å². The highest BCUT2D eigenvalue weighted by molar-refractivity contribution is 6.31. The monoisotopic (exact) mass is 309 g/mol. The zero-order chi connectivity index (χ0) is 15.1.